The second kappa shape index (κ2) is 11.4. The van der Waals surface area contributed by atoms with Gasteiger partial charge in [0.2, 0.25) is 10.2 Å². The van der Waals surface area contributed by atoms with E-state index in [0.29, 0.717) is 29.9 Å². The Hall–Kier alpha value is -2.96. The number of fused-ring (bicyclic) bond motifs is 1. The fourth-order valence-corrected chi connectivity index (χ4v) is 4.89. The number of anilines is 2. The van der Waals surface area contributed by atoms with E-state index >= 15 is 0 Å². The number of allylic oxidation sites excluding steroid dienone is 1. The summed E-state index contributed by atoms with van der Waals surface area (Å²) in [7, 11) is 2.22. The topological polar surface area (TPSA) is 61.8 Å². The molecule has 1 aliphatic rings. The minimum Gasteiger partial charge on any atom is -0.494 e. The standard InChI is InChI=1S/C27H31F3N2O3S/c1-32(2)25-9-5-7-20-11-10-19(14-15-27(28,29)30)21(17-23(20)25)8-6-16-31-24-13-12-22(36(4,33)34)18-26(24)35-3/h5,7,9,12-13,17-19,31H,10-11,14-16H2,1-4H3/p+1. The second-order valence-corrected chi connectivity index (χ2v) is 11.1. The molecule has 1 aliphatic carbocycles. The number of nitrogens with zero attached hydrogens (tertiary/aromatic N) is 1. The Kier molecular flexibility index (Phi) is 8.75. The number of hydrogen-bond acceptors (Lipinski definition) is 4. The Bertz CT molecular complexity index is 1220. The molecule has 0 heterocycles. The zero-order valence-electron chi connectivity index (χ0n) is 20.9. The number of halogens is 3. The summed E-state index contributed by atoms with van der Waals surface area (Å²) >= 11 is 0. The van der Waals surface area contributed by atoms with Gasteiger partial charge in [0.1, 0.15) is 12.0 Å². The summed E-state index contributed by atoms with van der Waals surface area (Å²) in [6, 6.07) is 10.7. The van der Waals surface area contributed by atoms with Crippen molar-refractivity contribution >= 4 is 27.7 Å². The fourth-order valence-electron chi connectivity index (χ4n) is 4.25. The molecule has 2 unspecified atom stereocenters. The molecule has 0 bridgehead atoms. The van der Waals surface area contributed by atoms with Gasteiger partial charge in [-0.2, -0.15) is 17.7 Å². The number of alkyl halides is 3. The van der Waals surface area contributed by atoms with Gasteiger partial charge in [0.25, 0.3) is 0 Å². The molecule has 9 heteroatoms. The first-order valence-corrected chi connectivity index (χ1v) is 13.5. The molecule has 0 aromatic heterocycles. The molecule has 0 amide bonds. The first-order chi connectivity index (χ1) is 16.9. The molecule has 0 aliphatic heterocycles. The summed E-state index contributed by atoms with van der Waals surface area (Å²) in [4.78, 5) is 2.25. The number of methoxy groups -OCH3 is 1. The molecule has 0 fully saturated rings. The highest BCUT2D eigenvalue weighted by Crippen LogP contribution is 2.36. The first-order valence-electron chi connectivity index (χ1n) is 11.6. The molecule has 194 valence electrons. The molecule has 0 saturated carbocycles. The van der Waals surface area contributed by atoms with Crippen molar-refractivity contribution in [3.63, 3.8) is 0 Å². The van der Waals surface area contributed by atoms with Crippen molar-refractivity contribution in [3.8, 4) is 17.6 Å². The van der Waals surface area contributed by atoms with Crippen molar-refractivity contribution in [3.05, 3.63) is 53.1 Å². The molecular weight excluding hydrogens is 489 g/mol. The van der Waals surface area contributed by atoms with E-state index in [4.69, 9.17) is 4.74 Å². The van der Waals surface area contributed by atoms with Gasteiger partial charge in [-0.05, 0) is 55.0 Å². The second-order valence-electron chi connectivity index (χ2n) is 9.05. The zero-order valence-corrected chi connectivity index (χ0v) is 21.7. The van der Waals surface area contributed by atoms with Crippen LogP contribution in [0.1, 0.15) is 30.4 Å². The summed E-state index contributed by atoms with van der Waals surface area (Å²) in [5, 5.41) is 3.13. The molecular formula is C27H32F3N2O3S+. The van der Waals surface area contributed by atoms with E-state index in [1.54, 1.807) is 12.1 Å². The smallest absolute Gasteiger partial charge is 0.389 e. The minimum absolute atomic E-state index is 0.00449. The third-order valence-electron chi connectivity index (χ3n) is 6.14. The quantitative estimate of drug-likeness (QED) is 0.339. The van der Waals surface area contributed by atoms with Crippen molar-refractivity contribution in [2.75, 3.05) is 44.2 Å². The number of benzene rings is 2. The molecule has 3 rings (SSSR count). The van der Waals surface area contributed by atoms with Crippen LogP contribution in [-0.2, 0) is 20.8 Å². The fraction of sp³-hybridized carbons (Fsp3) is 0.407. The average molecular weight is 522 g/mol. The monoisotopic (exact) mass is 521 g/mol. The number of aryl methyl sites for hydroxylation is 1. The minimum atomic E-state index is -4.22. The summed E-state index contributed by atoms with van der Waals surface area (Å²) < 4.78 is 66.1. The van der Waals surface area contributed by atoms with Crippen molar-refractivity contribution in [1.82, 2.24) is 0 Å². The van der Waals surface area contributed by atoms with Crippen LogP contribution in [0.5, 0.6) is 5.75 Å². The number of hydrogen-bond donors (Lipinski definition) is 2. The maximum absolute atomic E-state index is 13.0. The number of rotatable bonds is 7. The lowest BCUT2D eigenvalue weighted by Crippen LogP contribution is -2.12. The SMILES string of the molecule is COc1cc([S+](C)(=O)O)ccc1NCC#CC1=Cc2c(cccc2N(C)C)CCC1CCC(F)(F)F. The van der Waals surface area contributed by atoms with Crippen LogP contribution in [0.25, 0.3) is 6.08 Å². The maximum Gasteiger partial charge on any atom is 0.389 e. The van der Waals surface area contributed by atoms with E-state index in [2.05, 4.69) is 17.2 Å². The average Bonchev–Trinajstić information content (AvgIpc) is 2.98. The Morgan fingerprint density at radius 2 is 2.00 bits per heavy atom. The molecule has 0 spiro atoms. The van der Waals surface area contributed by atoms with Gasteiger partial charge in [-0.25, -0.2) is 0 Å². The van der Waals surface area contributed by atoms with Gasteiger partial charge < -0.3 is 15.0 Å². The highest BCUT2D eigenvalue weighted by atomic mass is 32.3. The van der Waals surface area contributed by atoms with Gasteiger partial charge in [0.05, 0.1) is 19.3 Å². The highest BCUT2D eigenvalue weighted by molar-refractivity contribution is 7.97. The Morgan fingerprint density at radius 1 is 1.25 bits per heavy atom. The van der Waals surface area contributed by atoms with E-state index in [1.807, 2.05) is 43.3 Å². The van der Waals surface area contributed by atoms with Gasteiger partial charge in [0.15, 0.2) is 4.90 Å². The normalized spacial score (nSPS) is 17.0. The van der Waals surface area contributed by atoms with Gasteiger partial charge in [0, 0.05) is 43.4 Å². The predicted molar refractivity (Wildman–Crippen MR) is 140 cm³/mol. The third-order valence-corrected chi connectivity index (χ3v) is 7.27. The van der Waals surface area contributed by atoms with Gasteiger partial charge in [-0.15, -0.1) is 0 Å². The lowest BCUT2D eigenvalue weighted by atomic mass is 9.90. The molecule has 2 aromatic rings. The summed E-state index contributed by atoms with van der Waals surface area (Å²) in [5.41, 5.74) is 4.40. The lowest BCUT2D eigenvalue weighted by molar-refractivity contribution is -0.137. The maximum atomic E-state index is 13.0. The zero-order chi connectivity index (χ0) is 26.5. The van der Waals surface area contributed by atoms with Crippen molar-refractivity contribution in [2.45, 2.75) is 36.8 Å². The van der Waals surface area contributed by atoms with Crippen LogP contribution >= 0.6 is 0 Å². The Labute approximate surface area is 212 Å². The molecule has 0 radical (unpaired) electrons. The molecule has 2 atom stereocenters. The van der Waals surface area contributed by atoms with E-state index in [0.717, 1.165) is 16.8 Å². The largest absolute Gasteiger partial charge is 0.494 e. The lowest BCUT2D eigenvalue weighted by Gasteiger charge is -2.18. The van der Waals surface area contributed by atoms with Crippen LogP contribution in [0.2, 0.25) is 0 Å². The van der Waals surface area contributed by atoms with Crippen LogP contribution in [-0.4, -0.2) is 44.7 Å². The van der Waals surface area contributed by atoms with Gasteiger partial charge in [-0.3, -0.25) is 0 Å². The van der Waals surface area contributed by atoms with E-state index in [1.165, 1.54) is 19.4 Å². The molecule has 5 nitrogen and oxygen atoms in total. The van der Waals surface area contributed by atoms with E-state index in [9.17, 15) is 21.9 Å². The van der Waals surface area contributed by atoms with E-state index in [-0.39, 0.29) is 23.8 Å². The Balaban J connectivity index is 1.87. The highest BCUT2D eigenvalue weighted by Gasteiger charge is 2.30. The third kappa shape index (κ3) is 7.28. The molecule has 2 aromatic carbocycles. The molecule has 0 saturated heterocycles. The van der Waals surface area contributed by atoms with Gasteiger partial charge in [-0.1, -0.05) is 28.2 Å². The van der Waals surface area contributed by atoms with Crippen molar-refractivity contribution in [1.29, 1.82) is 0 Å². The summed E-state index contributed by atoms with van der Waals surface area (Å²) in [5.74, 6) is 6.29. The first kappa shape index (κ1) is 27.6. The van der Waals surface area contributed by atoms with Gasteiger partial charge >= 0.3 is 6.18 Å². The number of ether oxygens (including phenoxy) is 1. The summed E-state index contributed by atoms with van der Waals surface area (Å²) in [6.45, 7) is 0.224. The molecule has 2 N–H and O–H groups in total. The van der Waals surface area contributed by atoms with Crippen molar-refractivity contribution in [2.24, 2.45) is 5.92 Å². The van der Waals surface area contributed by atoms with Crippen LogP contribution in [0.15, 0.2) is 46.9 Å². The van der Waals surface area contributed by atoms with Crippen LogP contribution in [0.3, 0.4) is 0 Å². The van der Waals surface area contributed by atoms with Crippen LogP contribution in [0.4, 0.5) is 24.5 Å². The van der Waals surface area contributed by atoms with Crippen molar-refractivity contribution < 1.29 is 26.7 Å². The molecule has 36 heavy (non-hydrogen) atoms. The Morgan fingerprint density at radius 3 is 2.64 bits per heavy atom. The van der Waals surface area contributed by atoms with E-state index < -0.39 is 22.8 Å². The van der Waals surface area contributed by atoms with Crippen LogP contribution < -0.4 is 15.0 Å². The van der Waals surface area contributed by atoms with Crippen LogP contribution in [0, 0.1) is 17.8 Å². The number of nitrogens with one attached hydrogen (secondary N) is 1. The summed E-state index contributed by atoms with van der Waals surface area (Å²) in [6.07, 6.45) is -0.602. The predicted octanol–water partition coefficient (Wildman–Crippen LogP) is 6.13.